The fourth-order valence-electron chi connectivity index (χ4n) is 3.57. The molecule has 24 heavy (non-hydrogen) atoms. The highest BCUT2D eigenvalue weighted by molar-refractivity contribution is 14.0. The largest absolute Gasteiger partial charge is 0.373 e. The van der Waals surface area contributed by atoms with Gasteiger partial charge in [0.15, 0.2) is 5.96 Å². The molecule has 0 amide bonds. The van der Waals surface area contributed by atoms with Gasteiger partial charge in [-0.3, -0.25) is 4.99 Å². The van der Waals surface area contributed by atoms with E-state index in [1.807, 2.05) is 26.0 Å². The number of fused-ring (bicyclic) bond motifs is 2. The lowest BCUT2D eigenvalue weighted by atomic mass is 9.84. The van der Waals surface area contributed by atoms with Gasteiger partial charge < -0.3 is 15.4 Å². The smallest absolute Gasteiger partial charge is 0.191 e. The summed E-state index contributed by atoms with van der Waals surface area (Å²) in [7, 11) is 1.76. The minimum absolute atomic E-state index is 0. The summed E-state index contributed by atoms with van der Waals surface area (Å²) in [5, 5.41) is 6.79. The van der Waals surface area contributed by atoms with Gasteiger partial charge in [-0.15, -0.1) is 24.0 Å². The highest BCUT2D eigenvalue weighted by atomic mass is 127. The molecule has 2 saturated heterocycles. The van der Waals surface area contributed by atoms with Crippen LogP contribution in [0.3, 0.4) is 0 Å². The third kappa shape index (κ3) is 4.20. The number of ether oxygens (including phenoxy) is 1. The molecule has 2 N–H and O–H groups in total. The van der Waals surface area contributed by atoms with E-state index in [1.165, 1.54) is 12.5 Å². The van der Waals surface area contributed by atoms with Crippen LogP contribution in [0.1, 0.15) is 38.7 Å². The predicted molar refractivity (Wildman–Crippen MR) is 106 cm³/mol. The Hall–Kier alpha value is -0.890. The number of nitrogens with zero attached hydrogens (tertiary/aromatic N) is 1. The standard InChI is InChI=1S/C18H26FN3O.HI/c1-18(2,13-6-4-5-7-14(13)19)11-21-17(20-3)22-15-10-12-8-9-16(15)23-12;/h4-7,12,15-16H,8-11H2,1-3H3,(H2,20,21,22);1H. The summed E-state index contributed by atoms with van der Waals surface area (Å²) < 4.78 is 19.9. The molecule has 2 heterocycles. The van der Waals surface area contributed by atoms with Crippen molar-refractivity contribution >= 4 is 29.9 Å². The molecule has 2 aliphatic rings. The summed E-state index contributed by atoms with van der Waals surface area (Å²) in [5.74, 6) is 0.597. The van der Waals surface area contributed by atoms with Crippen molar-refractivity contribution in [2.75, 3.05) is 13.6 Å². The first-order chi connectivity index (χ1) is 11.0. The first-order valence-corrected chi connectivity index (χ1v) is 8.37. The molecule has 1 aromatic rings. The molecule has 3 rings (SSSR count). The van der Waals surface area contributed by atoms with Gasteiger partial charge in [-0.05, 0) is 30.9 Å². The van der Waals surface area contributed by atoms with Gasteiger partial charge in [0, 0.05) is 19.0 Å². The molecule has 0 spiro atoms. The van der Waals surface area contributed by atoms with Crippen LogP contribution in [0.25, 0.3) is 0 Å². The van der Waals surface area contributed by atoms with E-state index in [0.717, 1.165) is 18.8 Å². The number of aliphatic imine (C=N–C) groups is 1. The first-order valence-electron chi connectivity index (χ1n) is 8.37. The summed E-state index contributed by atoms with van der Waals surface area (Å²) in [6.07, 6.45) is 4.06. The van der Waals surface area contributed by atoms with E-state index in [0.29, 0.717) is 30.4 Å². The molecule has 1 aromatic carbocycles. The fourth-order valence-corrected chi connectivity index (χ4v) is 3.57. The maximum absolute atomic E-state index is 14.0. The number of halogens is 2. The summed E-state index contributed by atoms with van der Waals surface area (Å²) >= 11 is 0. The van der Waals surface area contributed by atoms with Gasteiger partial charge in [0.1, 0.15) is 5.82 Å². The fraction of sp³-hybridized carbons (Fsp3) is 0.611. The van der Waals surface area contributed by atoms with E-state index >= 15 is 0 Å². The lowest BCUT2D eigenvalue weighted by Gasteiger charge is -2.28. The van der Waals surface area contributed by atoms with Crippen LogP contribution in [-0.2, 0) is 10.2 Å². The normalized spacial score (nSPS) is 26.2. The molecule has 0 aliphatic carbocycles. The lowest BCUT2D eigenvalue weighted by Crippen LogP contribution is -2.50. The molecule has 2 fully saturated rings. The van der Waals surface area contributed by atoms with Crippen LogP contribution in [0.15, 0.2) is 29.3 Å². The van der Waals surface area contributed by atoms with Gasteiger partial charge in [0.2, 0.25) is 0 Å². The summed E-state index contributed by atoms with van der Waals surface area (Å²) in [4.78, 5) is 4.30. The van der Waals surface area contributed by atoms with Crippen LogP contribution in [0.2, 0.25) is 0 Å². The van der Waals surface area contributed by atoms with Crippen LogP contribution < -0.4 is 10.6 Å². The van der Waals surface area contributed by atoms with E-state index in [2.05, 4.69) is 15.6 Å². The molecular formula is C18H27FIN3O. The summed E-state index contributed by atoms with van der Waals surface area (Å²) in [6, 6.07) is 7.28. The van der Waals surface area contributed by atoms with Crippen molar-refractivity contribution in [2.45, 2.75) is 56.8 Å². The second kappa shape index (κ2) is 7.99. The van der Waals surface area contributed by atoms with Crippen molar-refractivity contribution in [3.05, 3.63) is 35.6 Å². The Morgan fingerprint density at radius 3 is 2.67 bits per heavy atom. The minimum atomic E-state index is -0.325. The Bertz CT molecular complexity index is 593. The number of guanidine groups is 1. The molecule has 2 bridgehead atoms. The van der Waals surface area contributed by atoms with Crippen LogP contribution in [-0.4, -0.2) is 37.8 Å². The average Bonchev–Trinajstić information content (AvgIpc) is 3.14. The SMILES string of the molecule is CN=C(NCC(C)(C)c1ccccc1F)NC1CC2CCC1O2.I. The first kappa shape index (κ1) is 19.4. The quantitative estimate of drug-likeness (QED) is 0.424. The van der Waals surface area contributed by atoms with Crippen molar-refractivity contribution in [1.29, 1.82) is 0 Å². The monoisotopic (exact) mass is 447 g/mol. The number of hydrogen-bond donors (Lipinski definition) is 2. The maximum atomic E-state index is 14.0. The number of rotatable bonds is 4. The molecule has 2 aliphatic heterocycles. The molecular weight excluding hydrogens is 420 g/mol. The molecule has 6 heteroatoms. The second-order valence-electron chi connectivity index (χ2n) is 7.15. The van der Waals surface area contributed by atoms with Crippen molar-refractivity contribution < 1.29 is 9.13 Å². The van der Waals surface area contributed by atoms with E-state index in [4.69, 9.17) is 4.74 Å². The van der Waals surface area contributed by atoms with E-state index < -0.39 is 0 Å². The van der Waals surface area contributed by atoms with Crippen molar-refractivity contribution in [2.24, 2.45) is 4.99 Å². The number of hydrogen-bond acceptors (Lipinski definition) is 2. The van der Waals surface area contributed by atoms with Crippen LogP contribution in [0.4, 0.5) is 4.39 Å². The third-order valence-corrected chi connectivity index (χ3v) is 4.95. The highest BCUT2D eigenvalue weighted by Gasteiger charge is 2.41. The zero-order valence-electron chi connectivity index (χ0n) is 14.5. The molecule has 0 saturated carbocycles. The van der Waals surface area contributed by atoms with E-state index in [9.17, 15) is 4.39 Å². The predicted octanol–water partition coefficient (Wildman–Crippen LogP) is 3.21. The van der Waals surface area contributed by atoms with Gasteiger partial charge in [-0.1, -0.05) is 32.0 Å². The Labute approximate surface area is 160 Å². The average molecular weight is 447 g/mol. The zero-order valence-corrected chi connectivity index (χ0v) is 16.8. The molecule has 0 radical (unpaired) electrons. The second-order valence-corrected chi connectivity index (χ2v) is 7.15. The highest BCUT2D eigenvalue weighted by Crippen LogP contribution is 2.34. The number of benzene rings is 1. The Balaban J connectivity index is 0.00000208. The summed E-state index contributed by atoms with van der Waals surface area (Å²) in [6.45, 7) is 4.67. The topological polar surface area (TPSA) is 45.7 Å². The Morgan fingerprint density at radius 2 is 2.08 bits per heavy atom. The summed E-state index contributed by atoms with van der Waals surface area (Å²) in [5.41, 5.74) is 0.389. The minimum Gasteiger partial charge on any atom is -0.373 e. The molecule has 4 nitrogen and oxygen atoms in total. The van der Waals surface area contributed by atoms with Gasteiger partial charge in [-0.2, -0.15) is 0 Å². The van der Waals surface area contributed by atoms with Gasteiger partial charge in [0.25, 0.3) is 0 Å². The van der Waals surface area contributed by atoms with Gasteiger partial charge >= 0.3 is 0 Å². The number of nitrogens with one attached hydrogen (secondary N) is 2. The van der Waals surface area contributed by atoms with Crippen LogP contribution in [0, 0.1) is 5.82 Å². The van der Waals surface area contributed by atoms with Crippen molar-refractivity contribution in [3.8, 4) is 0 Å². The van der Waals surface area contributed by atoms with Gasteiger partial charge in [0.05, 0.1) is 18.2 Å². The lowest BCUT2D eigenvalue weighted by molar-refractivity contribution is 0.0992. The molecule has 3 atom stereocenters. The van der Waals surface area contributed by atoms with Crippen molar-refractivity contribution in [1.82, 2.24) is 10.6 Å². The zero-order chi connectivity index (χ0) is 16.4. The van der Waals surface area contributed by atoms with Crippen LogP contribution in [0.5, 0.6) is 0 Å². The van der Waals surface area contributed by atoms with Crippen molar-refractivity contribution in [3.63, 3.8) is 0 Å². The van der Waals surface area contributed by atoms with E-state index in [1.54, 1.807) is 13.1 Å². The Morgan fingerprint density at radius 1 is 1.33 bits per heavy atom. The van der Waals surface area contributed by atoms with Crippen LogP contribution >= 0.6 is 24.0 Å². The molecule has 0 aromatic heterocycles. The molecule has 134 valence electrons. The maximum Gasteiger partial charge on any atom is 0.191 e. The van der Waals surface area contributed by atoms with Gasteiger partial charge in [-0.25, -0.2) is 4.39 Å². The van der Waals surface area contributed by atoms with E-state index in [-0.39, 0.29) is 35.2 Å². The Kier molecular flexibility index (Phi) is 6.47. The third-order valence-electron chi connectivity index (χ3n) is 4.95. The molecule has 3 unspecified atom stereocenters.